The van der Waals surface area contributed by atoms with Gasteiger partial charge in [-0.15, -0.1) is 0 Å². The molecule has 0 atom stereocenters. The molecule has 0 amide bonds. The largest absolute Gasteiger partial charge is 0.432 e. The standard InChI is InChI=1S/C10H21FOSi/c11-9-7-5-3-1-2-4-6-8-10-13-12/h12H,1-10H2. The quantitative estimate of drug-likeness (QED) is 0.428. The molecule has 0 aromatic heterocycles. The van der Waals surface area contributed by atoms with Crippen molar-refractivity contribution in [2.24, 2.45) is 0 Å². The van der Waals surface area contributed by atoms with Crippen LogP contribution in [-0.4, -0.2) is 21.2 Å². The molecule has 2 radical (unpaired) electrons. The molecule has 13 heavy (non-hydrogen) atoms. The molecular weight excluding hydrogens is 183 g/mol. The van der Waals surface area contributed by atoms with E-state index in [0.717, 1.165) is 18.9 Å². The van der Waals surface area contributed by atoms with Crippen molar-refractivity contribution in [2.45, 2.75) is 57.4 Å². The van der Waals surface area contributed by atoms with E-state index in [9.17, 15) is 4.39 Å². The molecule has 0 heterocycles. The highest BCUT2D eigenvalue weighted by molar-refractivity contribution is 6.25. The zero-order valence-corrected chi connectivity index (χ0v) is 9.40. The second-order valence-electron chi connectivity index (χ2n) is 3.43. The van der Waals surface area contributed by atoms with Crippen LogP contribution in [0.5, 0.6) is 0 Å². The highest BCUT2D eigenvalue weighted by Crippen LogP contribution is 2.09. The lowest BCUT2D eigenvalue weighted by molar-refractivity contribution is 0.449. The van der Waals surface area contributed by atoms with Crippen LogP contribution in [-0.2, 0) is 0 Å². The van der Waals surface area contributed by atoms with Gasteiger partial charge >= 0.3 is 0 Å². The van der Waals surface area contributed by atoms with Crippen molar-refractivity contribution in [3.63, 3.8) is 0 Å². The zero-order valence-electron chi connectivity index (χ0n) is 8.40. The van der Waals surface area contributed by atoms with Gasteiger partial charge in [-0.25, -0.2) is 0 Å². The SMILES string of the molecule is O[Si]CCCCCCCCCCF. The molecular formula is C10H21FOSi. The van der Waals surface area contributed by atoms with Gasteiger partial charge in [-0.1, -0.05) is 44.9 Å². The van der Waals surface area contributed by atoms with Gasteiger partial charge in [0.15, 0.2) is 0 Å². The second kappa shape index (κ2) is 12.1. The van der Waals surface area contributed by atoms with Crippen LogP contribution in [0.2, 0.25) is 6.04 Å². The van der Waals surface area contributed by atoms with E-state index in [2.05, 4.69) is 0 Å². The van der Waals surface area contributed by atoms with Crippen LogP contribution in [0.25, 0.3) is 0 Å². The summed E-state index contributed by atoms with van der Waals surface area (Å²) in [5, 5.41) is 0. The zero-order chi connectivity index (χ0) is 9.78. The Morgan fingerprint density at radius 2 is 1.23 bits per heavy atom. The van der Waals surface area contributed by atoms with Crippen LogP contribution in [0.3, 0.4) is 0 Å². The van der Waals surface area contributed by atoms with Crippen molar-refractivity contribution in [1.82, 2.24) is 0 Å². The van der Waals surface area contributed by atoms with Crippen LogP contribution >= 0.6 is 0 Å². The van der Waals surface area contributed by atoms with Crippen molar-refractivity contribution < 1.29 is 9.19 Å². The summed E-state index contributed by atoms with van der Waals surface area (Å²) in [6, 6.07) is 0.974. The average Bonchev–Trinajstić information content (AvgIpc) is 2.16. The average molecular weight is 204 g/mol. The fourth-order valence-electron chi connectivity index (χ4n) is 1.36. The van der Waals surface area contributed by atoms with Crippen molar-refractivity contribution >= 4 is 9.76 Å². The Balaban J connectivity index is 2.76. The van der Waals surface area contributed by atoms with Crippen molar-refractivity contribution in [1.29, 1.82) is 0 Å². The number of alkyl halides is 1. The number of halogens is 1. The molecule has 3 heteroatoms. The van der Waals surface area contributed by atoms with Gasteiger partial charge in [0.25, 0.3) is 0 Å². The van der Waals surface area contributed by atoms with E-state index in [-0.39, 0.29) is 16.4 Å². The first-order chi connectivity index (χ1) is 6.41. The Bertz CT molecular complexity index is 81.0. The Morgan fingerprint density at radius 3 is 1.69 bits per heavy atom. The molecule has 0 bridgehead atoms. The Labute approximate surface area is 83.7 Å². The molecule has 0 aliphatic heterocycles. The molecule has 1 nitrogen and oxygen atoms in total. The molecule has 0 aliphatic rings. The molecule has 0 fully saturated rings. The molecule has 0 saturated heterocycles. The van der Waals surface area contributed by atoms with Crippen LogP contribution in [0.4, 0.5) is 4.39 Å². The normalized spacial score (nSPS) is 10.6. The lowest BCUT2D eigenvalue weighted by atomic mass is 10.1. The van der Waals surface area contributed by atoms with E-state index >= 15 is 0 Å². The summed E-state index contributed by atoms with van der Waals surface area (Å²) in [4.78, 5) is 8.56. The van der Waals surface area contributed by atoms with Crippen molar-refractivity contribution in [2.75, 3.05) is 6.67 Å². The molecule has 0 saturated carbocycles. The first kappa shape index (κ1) is 13.1. The second-order valence-corrected chi connectivity index (χ2v) is 4.24. The smallest absolute Gasteiger partial charge is 0.224 e. The maximum atomic E-state index is 11.7. The topological polar surface area (TPSA) is 20.2 Å². The van der Waals surface area contributed by atoms with E-state index in [1.165, 1.54) is 38.5 Å². The molecule has 0 unspecified atom stereocenters. The molecule has 1 N–H and O–H groups in total. The van der Waals surface area contributed by atoms with Crippen LogP contribution in [0, 0.1) is 0 Å². The third-order valence-electron chi connectivity index (χ3n) is 2.17. The predicted molar refractivity (Wildman–Crippen MR) is 55.7 cm³/mol. The molecule has 0 aromatic carbocycles. The molecule has 0 aliphatic carbocycles. The summed E-state index contributed by atoms with van der Waals surface area (Å²) >= 11 is 0. The van der Waals surface area contributed by atoms with Crippen molar-refractivity contribution in [3.05, 3.63) is 0 Å². The first-order valence-electron chi connectivity index (χ1n) is 5.34. The van der Waals surface area contributed by atoms with Gasteiger partial charge in [-0.3, -0.25) is 4.39 Å². The Hall–Kier alpha value is 0.107. The lowest BCUT2D eigenvalue weighted by Crippen LogP contribution is -1.86. The summed E-state index contributed by atoms with van der Waals surface area (Å²) in [5.41, 5.74) is 0. The fraction of sp³-hybridized carbons (Fsp3) is 1.00. The number of rotatable bonds is 10. The number of unbranched alkanes of at least 4 members (excludes halogenated alkanes) is 7. The predicted octanol–water partition coefficient (Wildman–Crippen LogP) is 3.11. The lowest BCUT2D eigenvalue weighted by Gasteiger charge is -1.99. The van der Waals surface area contributed by atoms with Gasteiger partial charge in [0.05, 0.1) is 6.67 Å². The third-order valence-corrected chi connectivity index (χ3v) is 2.75. The van der Waals surface area contributed by atoms with E-state index in [4.69, 9.17) is 4.80 Å². The molecule has 0 spiro atoms. The Morgan fingerprint density at radius 1 is 0.769 bits per heavy atom. The molecule has 0 aromatic rings. The highest BCUT2D eigenvalue weighted by atomic mass is 28.2. The van der Waals surface area contributed by atoms with Crippen LogP contribution in [0.1, 0.15) is 51.4 Å². The van der Waals surface area contributed by atoms with Crippen LogP contribution < -0.4 is 0 Å². The maximum Gasteiger partial charge on any atom is 0.224 e. The number of hydrogen-bond donors (Lipinski definition) is 1. The summed E-state index contributed by atoms with van der Waals surface area (Å²) in [6.45, 7) is -0.155. The van der Waals surface area contributed by atoms with Gasteiger partial charge in [-0.2, -0.15) is 0 Å². The third kappa shape index (κ3) is 12.1. The minimum absolute atomic E-state index is 0.128. The van der Waals surface area contributed by atoms with Gasteiger partial charge in [0, 0.05) is 0 Å². The van der Waals surface area contributed by atoms with E-state index < -0.39 is 0 Å². The molecule has 78 valence electrons. The number of hydrogen-bond acceptors (Lipinski definition) is 1. The fourth-order valence-corrected chi connectivity index (χ4v) is 1.77. The molecule has 0 rings (SSSR count). The minimum Gasteiger partial charge on any atom is -0.432 e. The van der Waals surface area contributed by atoms with Gasteiger partial charge in [-0.05, 0) is 12.5 Å². The van der Waals surface area contributed by atoms with E-state index in [1.54, 1.807) is 0 Å². The monoisotopic (exact) mass is 204 g/mol. The minimum atomic E-state index is -0.155. The Kier molecular flexibility index (Phi) is 12.2. The maximum absolute atomic E-state index is 11.7. The van der Waals surface area contributed by atoms with Gasteiger partial charge < -0.3 is 4.80 Å². The van der Waals surface area contributed by atoms with Gasteiger partial charge in [0.2, 0.25) is 9.76 Å². The highest BCUT2D eigenvalue weighted by Gasteiger charge is 1.92. The van der Waals surface area contributed by atoms with E-state index in [1.807, 2.05) is 0 Å². The summed E-state index contributed by atoms with van der Waals surface area (Å²) in [6.07, 6.45) is 9.20. The summed E-state index contributed by atoms with van der Waals surface area (Å²) < 4.78 is 11.7. The summed E-state index contributed by atoms with van der Waals surface area (Å²) in [7, 11) is 0.128. The van der Waals surface area contributed by atoms with Crippen molar-refractivity contribution in [3.8, 4) is 0 Å². The van der Waals surface area contributed by atoms with Crippen LogP contribution in [0.15, 0.2) is 0 Å². The van der Waals surface area contributed by atoms with E-state index in [0.29, 0.717) is 0 Å². The first-order valence-corrected chi connectivity index (χ1v) is 6.50. The van der Waals surface area contributed by atoms with Gasteiger partial charge in [0.1, 0.15) is 0 Å². The summed E-state index contributed by atoms with van der Waals surface area (Å²) in [5.74, 6) is 0.